The topological polar surface area (TPSA) is 26.0 Å². The molecule has 0 aromatic carbocycles. The molecular weight excluding hydrogens is 134 g/mol. The molecule has 0 heterocycles. The zero-order chi connectivity index (χ0) is 9.28. The average molecular weight is 157 g/mol. The second kappa shape index (κ2) is 3.14. The van der Waals surface area contributed by atoms with E-state index in [1.807, 2.05) is 0 Å². The summed E-state index contributed by atoms with van der Waals surface area (Å²) in [6.07, 6.45) is 1.09. The van der Waals surface area contributed by atoms with Gasteiger partial charge in [-0.2, -0.15) is 0 Å². The molecule has 2 N–H and O–H groups in total. The van der Waals surface area contributed by atoms with E-state index in [-0.39, 0.29) is 11.0 Å². The largest absolute Gasteiger partial charge is 0.325 e. The Hall–Kier alpha value is -0.0400. The van der Waals surface area contributed by atoms with E-state index in [4.69, 9.17) is 5.73 Å². The fourth-order valence-electron chi connectivity index (χ4n) is 1.15. The first kappa shape index (κ1) is 11.0. The summed E-state index contributed by atoms with van der Waals surface area (Å²) in [7, 11) is 0. The van der Waals surface area contributed by atoms with E-state index in [0.29, 0.717) is 5.92 Å². The van der Waals surface area contributed by atoms with Crippen LogP contribution in [0.3, 0.4) is 0 Å². The summed E-state index contributed by atoms with van der Waals surface area (Å²) in [4.78, 5) is 0. The van der Waals surface area contributed by atoms with Crippen LogP contribution in [-0.2, 0) is 0 Å². The standard InChI is InChI=1S/C10H23N/c1-8(2)7-10(6,11)9(3,4)5/h8H,7,11H2,1-6H3/t10-/m1/s1. The summed E-state index contributed by atoms with van der Waals surface area (Å²) in [5, 5.41) is 0. The maximum absolute atomic E-state index is 6.19. The molecule has 0 aliphatic rings. The van der Waals surface area contributed by atoms with Crippen molar-refractivity contribution >= 4 is 0 Å². The van der Waals surface area contributed by atoms with Crippen molar-refractivity contribution in [2.45, 2.75) is 53.5 Å². The number of hydrogen-bond acceptors (Lipinski definition) is 1. The quantitative estimate of drug-likeness (QED) is 0.655. The number of nitrogens with two attached hydrogens (primary N) is 1. The second-order valence-electron chi connectivity index (χ2n) is 5.27. The molecule has 0 aliphatic heterocycles. The zero-order valence-corrected chi connectivity index (χ0v) is 8.86. The molecule has 1 nitrogen and oxygen atoms in total. The van der Waals surface area contributed by atoms with Crippen molar-refractivity contribution in [1.29, 1.82) is 0 Å². The highest BCUT2D eigenvalue weighted by Gasteiger charge is 2.33. The highest BCUT2D eigenvalue weighted by atomic mass is 14.8. The summed E-state index contributed by atoms with van der Waals surface area (Å²) >= 11 is 0. The predicted molar refractivity (Wildman–Crippen MR) is 51.5 cm³/mol. The lowest BCUT2D eigenvalue weighted by atomic mass is 9.71. The number of rotatable bonds is 2. The van der Waals surface area contributed by atoms with Crippen molar-refractivity contribution in [1.82, 2.24) is 0 Å². The van der Waals surface area contributed by atoms with Gasteiger partial charge in [0.2, 0.25) is 0 Å². The normalized spacial score (nSPS) is 18.5. The van der Waals surface area contributed by atoms with E-state index in [1.165, 1.54) is 0 Å². The van der Waals surface area contributed by atoms with E-state index in [9.17, 15) is 0 Å². The summed E-state index contributed by atoms with van der Waals surface area (Å²) in [5.41, 5.74) is 6.36. The van der Waals surface area contributed by atoms with E-state index in [0.717, 1.165) is 6.42 Å². The van der Waals surface area contributed by atoms with Crippen LogP contribution in [0.1, 0.15) is 48.0 Å². The van der Waals surface area contributed by atoms with Gasteiger partial charge in [0.1, 0.15) is 0 Å². The second-order valence-corrected chi connectivity index (χ2v) is 5.27. The van der Waals surface area contributed by atoms with Gasteiger partial charge in [-0.1, -0.05) is 34.6 Å². The molecule has 0 saturated heterocycles. The summed E-state index contributed by atoms with van der Waals surface area (Å²) in [6.45, 7) is 13.2. The van der Waals surface area contributed by atoms with Gasteiger partial charge in [-0.25, -0.2) is 0 Å². The fraction of sp³-hybridized carbons (Fsp3) is 1.00. The minimum Gasteiger partial charge on any atom is -0.325 e. The fourth-order valence-corrected chi connectivity index (χ4v) is 1.15. The predicted octanol–water partition coefficient (Wildman–Crippen LogP) is 2.80. The third-order valence-electron chi connectivity index (χ3n) is 2.55. The molecule has 1 heteroatoms. The van der Waals surface area contributed by atoms with Gasteiger partial charge in [0.15, 0.2) is 0 Å². The van der Waals surface area contributed by atoms with Crippen molar-refractivity contribution in [3.8, 4) is 0 Å². The molecule has 68 valence electrons. The monoisotopic (exact) mass is 157 g/mol. The lowest BCUT2D eigenvalue weighted by Gasteiger charge is -2.39. The van der Waals surface area contributed by atoms with Crippen LogP contribution in [0, 0.1) is 11.3 Å². The van der Waals surface area contributed by atoms with Crippen LogP contribution < -0.4 is 5.73 Å². The maximum atomic E-state index is 6.19. The first-order chi connectivity index (χ1) is 4.67. The molecule has 1 atom stereocenters. The van der Waals surface area contributed by atoms with Crippen LogP contribution in [0.15, 0.2) is 0 Å². The molecule has 0 saturated carbocycles. The minimum atomic E-state index is -0.0405. The first-order valence-electron chi connectivity index (χ1n) is 4.46. The van der Waals surface area contributed by atoms with Gasteiger partial charge < -0.3 is 5.73 Å². The smallest absolute Gasteiger partial charge is 0.0177 e. The molecule has 0 spiro atoms. The molecule has 0 amide bonds. The van der Waals surface area contributed by atoms with Crippen molar-refractivity contribution in [3.05, 3.63) is 0 Å². The van der Waals surface area contributed by atoms with Crippen LogP contribution in [0.4, 0.5) is 0 Å². The Morgan fingerprint density at radius 1 is 1.09 bits per heavy atom. The molecule has 0 aromatic heterocycles. The van der Waals surface area contributed by atoms with Gasteiger partial charge in [0.25, 0.3) is 0 Å². The van der Waals surface area contributed by atoms with Gasteiger partial charge in [-0.05, 0) is 24.7 Å². The van der Waals surface area contributed by atoms with Gasteiger partial charge in [0.05, 0.1) is 0 Å². The molecule has 0 radical (unpaired) electrons. The van der Waals surface area contributed by atoms with Gasteiger partial charge in [-0.15, -0.1) is 0 Å². The van der Waals surface area contributed by atoms with E-state index in [1.54, 1.807) is 0 Å². The molecule has 0 fully saturated rings. The van der Waals surface area contributed by atoms with Crippen LogP contribution in [0.25, 0.3) is 0 Å². The van der Waals surface area contributed by atoms with Crippen LogP contribution in [0.5, 0.6) is 0 Å². The molecule has 11 heavy (non-hydrogen) atoms. The Morgan fingerprint density at radius 3 is 1.55 bits per heavy atom. The van der Waals surface area contributed by atoms with Crippen LogP contribution in [-0.4, -0.2) is 5.54 Å². The lowest BCUT2D eigenvalue weighted by molar-refractivity contribution is 0.175. The zero-order valence-electron chi connectivity index (χ0n) is 8.86. The van der Waals surface area contributed by atoms with Crippen molar-refractivity contribution < 1.29 is 0 Å². The molecular formula is C10H23N. The first-order valence-corrected chi connectivity index (χ1v) is 4.46. The minimum absolute atomic E-state index is 0.0405. The Kier molecular flexibility index (Phi) is 3.13. The van der Waals surface area contributed by atoms with Gasteiger partial charge in [-0.3, -0.25) is 0 Å². The molecule has 0 unspecified atom stereocenters. The molecule has 0 aliphatic carbocycles. The van der Waals surface area contributed by atoms with Crippen LogP contribution >= 0.6 is 0 Å². The Morgan fingerprint density at radius 2 is 1.45 bits per heavy atom. The molecule has 0 rings (SSSR count). The Labute approximate surface area is 71.4 Å². The SMILES string of the molecule is CC(C)C[C@@](C)(N)C(C)(C)C. The van der Waals surface area contributed by atoms with Gasteiger partial charge >= 0.3 is 0 Å². The highest BCUT2D eigenvalue weighted by molar-refractivity contribution is 4.91. The maximum Gasteiger partial charge on any atom is 0.0177 e. The van der Waals surface area contributed by atoms with E-state index < -0.39 is 0 Å². The summed E-state index contributed by atoms with van der Waals surface area (Å²) < 4.78 is 0. The summed E-state index contributed by atoms with van der Waals surface area (Å²) in [5.74, 6) is 0.684. The van der Waals surface area contributed by atoms with E-state index >= 15 is 0 Å². The van der Waals surface area contributed by atoms with Crippen molar-refractivity contribution in [3.63, 3.8) is 0 Å². The number of hydrogen-bond donors (Lipinski definition) is 1. The van der Waals surface area contributed by atoms with Gasteiger partial charge in [0, 0.05) is 5.54 Å². The molecule has 0 bridgehead atoms. The highest BCUT2D eigenvalue weighted by Crippen LogP contribution is 2.32. The average Bonchev–Trinajstić information content (AvgIpc) is 1.56. The third kappa shape index (κ3) is 3.24. The van der Waals surface area contributed by atoms with E-state index in [2.05, 4.69) is 41.5 Å². The Bertz CT molecular complexity index is 117. The van der Waals surface area contributed by atoms with Crippen molar-refractivity contribution in [2.75, 3.05) is 0 Å². The molecule has 0 aromatic rings. The van der Waals surface area contributed by atoms with Crippen molar-refractivity contribution in [2.24, 2.45) is 17.1 Å². The lowest BCUT2D eigenvalue weighted by Crippen LogP contribution is -2.49. The third-order valence-corrected chi connectivity index (χ3v) is 2.55. The van der Waals surface area contributed by atoms with Crippen LogP contribution in [0.2, 0.25) is 0 Å². The summed E-state index contributed by atoms with van der Waals surface area (Å²) in [6, 6.07) is 0. The Balaban J connectivity index is 4.22.